The molecular formula is C13H13F3O3. The van der Waals surface area contributed by atoms with Crippen molar-refractivity contribution in [2.75, 3.05) is 6.61 Å². The first-order chi connectivity index (χ1) is 8.77. The van der Waals surface area contributed by atoms with E-state index in [0.717, 1.165) is 18.2 Å². The van der Waals surface area contributed by atoms with Gasteiger partial charge in [-0.05, 0) is 24.6 Å². The van der Waals surface area contributed by atoms with E-state index in [1.54, 1.807) is 6.92 Å². The Kier molecular flexibility index (Phi) is 4.72. The molecule has 0 aliphatic rings. The molecule has 1 aromatic carbocycles. The third kappa shape index (κ3) is 3.82. The maximum atomic E-state index is 12.5. The van der Waals surface area contributed by atoms with Crippen molar-refractivity contribution in [3.8, 4) is 0 Å². The molecule has 0 aliphatic carbocycles. The molecule has 0 aliphatic heterocycles. The molecule has 0 saturated carbocycles. The number of esters is 1. The van der Waals surface area contributed by atoms with Gasteiger partial charge in [0, 0.05) is 0 Å². The Morgan fingerprint density at radius 2 is 2.11 bits per heavy atom. The highest BCUT2D eigenvalue weighted by Gasteiger charge is 2.31. The van der Waals surface area contributed by atoms with Gasteiger partial charge in [0.2, 0.25) is 0 Å². The van der Waals surface area contributed by atoms with Gasteiger partial charge in [-0.25, -0.2) is 4.79 Å². The van der Waals surface area contributed by atoms with Gasteiger partial charge in [-0.3, -0.25) is 0 Å². The Bertz CT molecular complexity index is 480. The zero-order valence-corrected chi connectivity index (χ0v) is 10.2. The summed E-state index contributed by atoms with van der Waals surface area (Å²) in [6, 6.07) is 4.09. The molecule has 1 unspecified atom stereocenters. The third-order valence-corrected chi connectivity index (χ3v) is 2.40. The fourth-order valence-corrected chi connectivity index (χ4v) is 1.42. The zero-order valence-electron chi connectivity index (χ0n) is 10.2. The van der Waals surface area contributed by atoms with Crippen LogP contribution >= 0.6 is 0 Å². The van der Waals surface area contributed by atoms with E-state index in [4.69, 9.17) is 0 Å². The molecule has 0 spiro atoms. The molecule has 104 valence electrons. The van der Waals surface area contributed by atoms with Crippen molar-refractivity contribution in [1.82, 2.24) is 0 Å². The van der Waals surface area contributed by atoms with Gasteiger partial charge in [0.25, 0.3) is 0 Å². The summed E-state index contributed by atoms with van der Waals surface area (Å²) in [6.07, 6.45) is -6.04. The fourth-order valence-electron chi connectivity index (χ4n) is 1.42. The minimum absolute atomic E-state index is 0.0621. The highest BCUT2D eigenvalue weighted by Crippen LogP contribution is 2.32. The molecule has 0 aromatic heterocycles. The smallest absolute Gasteiger partial charge is 0.416 e. The van der Waals surface area contributed by atoms with Gasteiger partial charge < -0.3 is 9.84 Å². The predicted octanol–water partition coefficient (Wildman–Crippen LogP) is 2.86. The van der Waals surface area contributed by atoms with Gasteiger partial charge in [-0.2, -0.15) is 13.2 Å². The molecular weight excluding hydrogens is 261 g/mol. The highest BCUT2D eigenvalue weighted by atomic mass is 19.4. The lowest BCUT2D eigenvalue weighted by Gasteiger charge is -2.15. The van der Waals surface area contributed by atoms with Crippen molar-refractivity contribution in [1.29, 1.82) is 0 Å². The Morgan fingerprint density at radius 3 is 2.63 bits per heavy atom. The van der Waals surface area contributed by atoms with E-state index >= 15 is 0 Å². The third-order valence-electron chi connectivity index (χ3n) is 2.40. The first-order valence-corrected chi connectivity index (χ1v) is 5.48. The largest absolute Gasteiger partial charge is 0.463 e. The Balaban J connectivity index is 2.97. The summed E-state index contributed by atoms with van der Waals surface area (Å²) < 4.78 is 42.2. The number of carbonyl (C=O) groups is 1. The number of hydrogen-bond donors (Lipinski definition) is 1. The number of aliphatic hydroxyl groups excluding tert-OH is 1. The van der Waals surface area contributed by atoms with Crippen LogP contribution in [0.5, 0.6) is 0 Å². The normalized spacial score (nSPS) is 12.9. The van der Waals surface area contributed by atoms with Crippen LogP contribution in [0.15, 0.2) is 36.4 Å². The van der Waals surface area contributed by atoms with E-state index in [1.165, 1.54) is 6.07 Å². The summed E-state index contributed by atoms with van der Waals surface area (Å²) in [6.45, 7) is 5.00. The van der Waals surface area contributed by atoms with Crippen molar-refractivity contribution < 1.29 is 27.8 Å². The topological polar surface area (TPSA) is 46.5 Å². The average molecular weight is 274 g/mol. The van der Waals surface area contributed by atoms with Crippen molar-refractivity contribution in [3.63, 3.8) is 0 Å². The van der Waals surface area contributed by atoms with E-state index in [0.29, 0.717) is 0 Å². The number of hydrogen-bond acceptors (Lipinski definition) is 3. The van der Waals surface area contributed by atoms with Crippen LogP contribution in [0.1, 0.15) is 24.2 Å². The van der Waals surface area contributed by atoms with Gasteiger partial charge in [-0.1, -0.05) is 18.7 Å². The second-order valence-electron chi connectivity index (χ2n) is 3.77. The number of benzene rings is 1. The summed E-state index contributed by atoms with van der Waals surface area (Å²) in [7, 11) is 0. The monoisotopic (exact) mass is 274 g/mol. The van der Waals surface area contributed by atoms with Crippen molar-refractivity contribution >= 4 is 5.97 Å². The first-order valence-electron chi connectivity index (χ1n) is 5.48. The molecule has 0 radical (unpaired) electrons. The SMILES string of the molecule is C=C(C(=O)OCC)C(O)c1cccc(C(F)(F)F)c1. The fraction of sp³-hybridized carbons (Fsp3) is 0.308. The van der Waals surface area contributed by atoms with E-state index < -0.39 is 23.8 Å². The molecule has 1 rings (SSSR count). The number of alkyl halides is 3. The minimum Gasteiger partial charge on any atom is -0.463 e. The molecule has 0 fully saturated rings. The summed E-state index contributed by atoms with van der Waals surface area (Å²) >= 11 is 0. The number of halogens is 3. The van der Waals surface area contributed by atoms with Crippen LogP contribution in [0.25, 0.3) is 0 Å². The van der Waals surface area contributed by atoms with Crippen LogP contribution in [0, 0.1) is 0 Å². The lowest BCUT2D eigenvalue weighted by molar-refractivity contribution is -0.139. The van der Waals surface area contributed by atoms with Crippen LogP contribution < -0.4 is 0 Å². The van der Waals surface area contributed by atoms with Gasteiger partial charge in [0.15, 0.2) is 0 Å². The molecule has 3 nitrogen and oxygen atoms in total. The Labute approximate surface area is 108 Å². The molecule has 1 atom stereocenters. The van der Waals surface area contributed by atoms with E-state index in [9.17, 15) is 23.1 Å². The Morgan fingerprint density at radius 1 is 1.47 bits per heavy atom. The number of carbonyl (C=O) groups excluding carboxylic acids is 1. The van der Waals surface area contributed by atoms with Crippen LogP contribution in [0.4, 0.5) is 13.2 Å². The molecule has 6 heteroatoms. The molecule has 0 amide bonds. The maximum absolute atomic E-state index is 12.5. The quantitative estimate of drug-likeness (QED) is 0.678. The lowest BCUT2D eigenvalue weighted by Crippen LogP contribution is -2.14. The van der Waals surface area contributed by atoms with E-state index in [-0.39, 0.29) is 17.7 Å². The van der Waals surface area contributed by atoms with Crippen molar-refractivity contribution in [2.24, 2.45) is 0 Å². The minimum atomic E-state index is -4.51. The second-order valence-corrected chi connectivity index (χ2v) is 3.77. The number of ether oxygens (including phenoxy) is 1. The highest BCUT2D eigenvalue weighted by molar-refractivity contribution is 5.89. The molecule has 0 bridgehead atoms. The van der Waals surface area contributed by atoms with E-state index in [2.05, 4.69) is 11.3 Å². The van der Waals surface area contributed by atoms with Gasteiger partial charge in [0.1, 0.15) is 6.10 Å². The predicted molar refractivity (Wildman–Crippen MR) is 62.2 cm³/mol. The molecule has 0 heterocycles. The lowest BCUT2D eigenvalue weighted by atomic mass is 10.0. The number of aliphatic hydroxyl groups is 1. The maximum Gasteiger partial charge on any atom is 0.416 e. The van der Waals surface area contributed by atoms with Crippen LogP contribution in [0.3, 0.4) is 0 Å². The molecule has 1 N–H and O–H groups in total. The van der Waals surface area contributed by atoms with Crippen LogP contribution in [-0.2, 0) is 15.7 Å². The summed E-state index contributed by atoms with van der Waals surface area (Å²) in [4.78, 5) is 11.3. The first kappa shape index (κ1) is 15.2. The number of rotatable bonds is 4. The van der Waals surface area contributed by atoms with Crippen LogP contribution in [-0.4, -0.2) is 17.7 Å². The van der Waals surface area contributed by atoms with Gasteiger partial charge in [-0.15, -0.1) is 0 Å². The average Bonchev–Trinajstić information content (AvgIpc) is 2.36. The summed E-state index contributed by atoms with van der Waals surface area (Å²) in [5.41, 5.74) is -1.27. The van der Waals surface area contributed by atoms with Crippen molar-refractivity contribution in [3.05, 3.63) is 47.5 Å². The summed E-state index contributed by atoms with van der Waals surface area (Å²) in [5.74, 6) is -0.840. The molecule has 19 heavy (non-hydrogen) atoms. The molecule has 0 saturated heterocycles. The summed E-state index contributed by atoms with van der Waals surface area (Å²) in [5, 5.41) is 9.81. The standard InChI is InChI=1S/C13H13F3O3/c1-3-19-12(18)8(2)11(17)9-5-4-6-10(7-9)13(14,15)16/h4-7,11,17H,2-3H2,1H3. The van der Waals surface area contributed by atoms with Gasteiger partial charge in [0.05, 0.1) is 17.7 Å². The van der Waals surface area contributed by atoms with Crippen molar-refractivity contribution in [2.45, 2.75) is 19.2 Å². The van der Waals surface area contributed by atoms with Gasteiger partial charge >= 0.3 is 12.1 Å². The van der Waals surface area contributed by atoms with E-state index in [1.807, 2.05) is 0 Å². The molecule has 1 aromatic rings. The second kappa shape index (κ2) is 5.88. The zero-order chi connectivity index (χ0) is 14.6. The van der Waals surface area contributed by atoms with Crippen LogP contribution in [0.2, 0.25) is 0 Å². The Hall–Kier alpha value is -1.82.